The van der Waals surface area contributed by atoms with Gasteiger partial charge in [0.2, 0.25) is 0 Å². The summed E-state index contributed by atoms with van der Waals surface area (Å²) in [5.41, 5.74) is 4.49. The molecule has 0 N–H and O–H groups in total. The summed E-state index contributed by atoms with van der Waals surface area (Å²) in [5.74, 6) is 0.966. The van der Waals surface area contributed by atoms with Crippen molar-refractivity contribution in [1.29, 1.82) is 0 Å². The summed E-state index contributed by atoms with van der Waals surface area (Å²) in [6.45, 7) is 0. The quantitative estimate of drug-likeness (QED) is 0.556. The van der Waals surface area contributed by atoms with Crippen molar-refractivity contribution in [2.45, 2.75) is 18.3 Å². The van der Waals surface area contributed by atoms with E-state index in [-0.39, 0.29) is 0 Å². The van der Waals surface area contributed by atoms with Crippen LogP contribution >= 0.6 is 11.6 Å². The third-order valence-electron chi connectivity index (χ3n) is 4.60. The van der Waals surface area contributed by atoms with Crippen LogP contribution in [0.25, 0.3) is 16.6 Å². The average molecular weight is 321 g/mol. The molecule has 4 nitrogen and oxygen atoms in total. The Labute approximate surface area is 137 Å². The van der Waals surface area contributed by atoms with Crippen LogP contribution in [0, 0.1) is 0 Å². The SMILES string of the molecule is Clc1cc([C@H]2CC2c2ccc3ncccc3c2)c2nccn2n1. The monoisotopic (exact) mass is 320 g/mol. The van der Waals surface area contributed by atoms with E-state index in [4.69, 9.17) is 11.6 Å². The number of pyridine rings is 1. The average Bonchev–Trinajstić information content (AvgIpc) is 3.23. The molecule has 0 radical (unpaired) electrons. The van der Waals surface area contributed by atoms with Gasteiger partial charge in [0, 0.05) is 29.5 Å². The molecule has 112 valence electrons. The van der Waals surface area contributed by atoms with Crippen LogP contribution in [0.1, 0.15) is 29.4 Å². The van der Waals surface area contributed by atoms with Crippen LogP contribution in [-0.4, -0.2) is 19.6 Å². The first-order valence-corrected chi connectivity index (χ1v) is 8.02. The second-order valence-electron chi connectivity index (χ2n) is 6.02. The minimum absolute atomic E-state index is 0.453. The molecule has 4 aromatic rings. The number of nitrogens with zero attached hydrogens (tertiary/aromatic N) is 4. The van der Waals surface area contributed by atoms with Crippen LogP contribution in [0.3, 0.4) is 0 Å². The van der Waals surface area contributed by atoms with Crippen LogP contribution in [0.5, 0.6) is 0 Å². The first kappa shape index (κ1) is 13.0. The molecule has 0 saturated heterocycles. The molecule has 3 heterocycles. The Morgan fingerprint density at radius 3 is 2.96 bits per heavy atom. The summed E-state index contributed by atoms with van der Waals surface area (Å²) >= 11 is 6.16. The van der Waals surface area contributed by atoms with Crippen molar-refractivity contribution >= 4 is 28.2 Å². The zero-order valence-electron chi connectivity index (χ0n) is 12.2. The minimum atomic E-state index is 0.453. The van der Waals surface area contributed by atoms with Crippen molar-refractivity contribution < 1.29 is 0 Å². The van der Waals surface area contributed by atoms with Gasteiger partial charge < -0.3 is 0 Å². The first-order valence-electron chi connectivity index (χ1n) is 7.64. The van der Waals surface area contributed by atoms with E-state index >= 15 is 0 Å². The molecule has 23 heavy (non-hydrogen) atoms. The van der Waals surface area contributed by atoms with E-state index in [0.29, 0.717) is 17.0 Å². The highest BCUT2D eigenvalue weighted by Crippen LogP contribution is 2.55. The lowest BCUT2D eigenvalue weighted by atomic mass is 10.0. The molecule has 2 atom stereocenters. The summed E-state index contributed by atoms with van der Waals surface area (Å²) in [6, 6.07) is 12.6. The van der Waals surface area contributed by atoms with Gasteiger partial charge in [0.1, 0.15) is 5.15 Å². The fourth-order valence-electron chi connectivity index (χ4n) is 3.41. The smallest absolute Gasteiger partial charge is 0.157 e. The van der Waals surface area contributed by atoms with Crippen molar-refractivity contribution in [3.63, 3.8) is 0 Å². The van der Waals surface area contributed by atoms with Crippen LogP contribution in [-0.2, 0) is 0 Å². The molecule has 1 aromatic carbocycles. The Morgan fingerprint density at radius 1 is 1.04 bits per heavy atom. The van der Waals surface area contributed by atoms with Crippen molar-refractivity contribution in [3.05, 3.63) is 71.3 Å². The zero-order valence-corrected chi connectivity index (χ0v) is 13.0. The van der Waals surface area contributed by atoms with E-state index in [9.17, 15) is 0 Å². The molecule has 3 aromatic heterocycles. The van der Waals surface area contributed by atoms with Crippen LogP contribution in [0.15, 0.2) is 55.0 Å². The second kappa shape index (κ2) is 4.77. The van der Waals surface area contributed by atoms with E-state index in [1.165, 1.54) is 16.5 Å². The highest BCUT2D eigenvalue weighted by Gasteiger charge is 2.41. The maximum absolute atomic E-state index is 6.16. The third kappa shape index (κ3) is 2.10. The Morgan fingerprint density at radius 2 is 2.00 bits per heavy atom. The minimum Gasteiger partial charge on any atom is -0.256 e. The first-order chi connectivity index (χ1) is 11.3. The summed E-state index contributed by atoms with van der Waals surface area (Å²) < 4.78 is 1.76. The molecule has 5 heteroatoms. The zero-order chi connectivity index (χ0) is 15.4. The fraction of sp³-hybridized carbons (Fsp3) is 0.167. The second-order valence-corrected chi connectivity index (χ2v) is 6.41. The van der Waals surface area contributed by atoms with Crippen LogP contribution < -0.4 is 0 Å². The number of benzene rings is 1. The van der Waals surface area contributed by atoms with Crippen molar-refractivity contribution in [2.75, 3.05) is 0 Å². The highest BCUT2D eigenvalue weighted by atomic mass is 35.5. The molecule has 0 bridgehead atoms. The van der Waals surface area contributed by atoms with E-state index in [0.717, 1.165) is 17.6 Å². The number of aromatic nitrogens is 4. The molecule has 0 amide bonds. The molecular formula is C18H13ClN4. The number of imidazole rings is 1. The van der Waals surface area contributed by atoms with E-state index < -0.39 is 0 Å². The van der Waals surface area contributed by atoms with Gasteiger partial charge in [-0.15, -0.1) is 0 Å². The summed E-state index contributed by atoms with van der Waals surface area (Å²) in [5, 5.41) is 5.96. The van der Waals surface area contributed by atoms with Crippen molar-refractivity contribution in [2.24, 2.45) is 0 Å². The molecule has 1 aliphatic carbocycles. The highest BCUT2D eigenvalue weighted by molar-refractivity contribution is 6.29. The van der Waals surface area contributed by atoms with Crippen molar-refractivity contribution in [1.82, 2.24) is 19.6 Å². The predicted molar refractivity (Wildman–Crippen MR) is 89.8 cm³/mol. The Bertz CT molecular complexity index is 1040. The normalized spacial score (nSPS) is 20.2. The van der Waals surface area contributed by atoms with Gasteiger partial charge in [-0.3, -0.25) is 4.98 Å². The standard InChI is InChI=1S/C18H13ClN4/c19-17-10-15(18-21-6-7-23(18)22-17)14-9-13(14)11-3-4-16-12(8-11)2-1-5-20-16/h1-8,10,13-14H,9H2/t13?,14-/m0/s1. The van der Waals surface area contributed by atoms with E-state index in [1.54, 1.807) is 10.7 Å². The molecule has 1 aliphatic rings. The summed E-state index contributed by atoms with van der Waals surface area (Å²) in [7, 11) is 0. The number of rotatable bonds is 2. The van der Waals surface area contributed by atoms with Crippen LogP contribution in [0.2, 0.25) is 5.15 Å². The number of hydrogen-bond acceptors (Lipinski definition) is 3. The van der Waals surface area contributed by atoms with E-state index in [2.05, 4.69) is 39.3 Å². The molecule has 0 spiro atoms. The number of fused-ring (bicyclic) bond motifs is 2. The Hall–Kier alpha value is -2.46. The molecular weight excluding hydrogens is 308 g/mol. The number of hydrogen-bond donors (Lipinski definition) is 0. The third-order valence-corrected chi connectivity index (χ3v) is 4.79. The lowest BCUT2D eigenvalue weighted by Crippen LogP contribution is -1.96. The lowest BCUT2D eigenvalue weighted by molar-refractivity contribution is 0.906. The molecule has 0 aliphatic heterocycles. The van der Waals surface area contributed by atoms with Gasteiger partial charge in [-0.25, -0.2) is 9.50 Å². The predicted octanol–water partition coefficient (Wildman–Crippen LogP) is 4.20. The summed E-state index contributed by atoms with van der Waals surface area (Å²) in [4.78, 5) is 8.82. The molecule has 1 fully saturated rings. The molecule has 1 unspecified atom stereocenters. The van der Waals surface area contributed by atoms with Crippen LogP contribution in [0.4, 0.5) is 0 Å². The summed E-state index contributed by atoms with van der Waals surface area (Å²) in [6.07, 6.45) is 6.55. The maximum Gasteiger partial charge on any atom is 0.157 e. The van der Waals surface area contributed by atoms with Gasteiger partial charge in [-0.05, 0) is 48.1 Å². The largest absolute Gasteiger partial charge is 0.256 e. The Kier molecular flexibility index (Phi) is 2.70. The Balaban J connectivity index is 1.55. The maximum atomic E-state index is 6.16. The van der Waals surface area contributed by atoms with Gasteiger partial charge in [0.25, 0.3) is 0 Å². The van der Waals surface area contributed by atoms with Gasteiger partial charge in [0.05, 0.1) is 5.52 Å². The topological polar surface area (TPSA) is 43.1 Å². The fourth-order valence-corrected chi connectivity index (χ4v) is 3.61. The van der Waals surface area contributed by atoms with Gasteiger partial charge in [-0.1, -0.05) is 23.7 Å². The van der Waals surface area contributed by atoms with Gasteiger partial charge in [-0.2, -0.15) is 5.10 Å². The lowest BCUT2D eigenvalue weighted by Gasteiger charge is -2.05. The van der Waals surface area contributed by atoms with Crippen molar-refractivity contribution in [3.8, 4) is 0 Å². The van der Waals surface area contributed by atoms with Gasteiger partial charge in [0.15, 0.2) is 5.65 Å². The van der Waals surface area contributed by atoms with E-state index in [1.807, 2.05) is 24.5 Å². The molecule has 5 rings (SSSR count). The van der Waals surface area contributed by atoms with Gasteiger partial charge >= 0.3 is 0 Å². The molecule has 1 saturated carbocycles. The number of halogens is 1.